The number of ether oxygens (including phenoxy) is 1. The molecular formula is C11H11Br2N3O2. The summed E-state index contributed by atoms with van der Waals surface area (Å²) in [6.45, 7) is 1.00. The summed E-state index contributed by atoms with van der Waals surface area (Å²) in [4.78, 5) is 13.3. The molecule has 0 radical (unpaired) electrons. The van der Waals surface area contributed by atoms with Crippen LogP contribution in [-0.2, 0) is 0 Å². The number of nitrogens with zero attached hydrogens (tertiary/aromatic N) is 3. The van der Waals surface area contributed by atoms with Gasteiger partial charge in [-0.3, -0.25) is 4.79 Å². The van der Waals surface area contributed by atoms with Gasteiger partial charge in [0.25, 0.3) is 0 Å². The molecule has 0 saturated carbocycles. The van der Waals surface area contributed by atoms with Crippen LogP contribution in [-0.4, -0.2) is 19.4 Å². The van der Waals surface area contributed by atoms with E-state index >= 15 is 0 Å². The Morgan fingerprint density at radius 3 is 2.56 bits per heavy atom. The number of rotatable bonds is 7. The number of aldehydes is 1. The Hall–Kier alpha value is -1.04. The number of benzene rings is 1. The van der Waals surface area contributed by atoms with Crippen molar-refractivity contribution in [2.75, 3.05) is 13.2 Å². The normalized spacial score (nSPS) is 9.67. The fourth-order valence-corrected chi connectivity index (χ4v) is 2.74. The molecule has 0 spiro atoms. The Balaban J connectivity index is 2.52. The smallest absolute Gasteiger partial charge is 0.150 e. The van der Waals surface area contributed by atoms with Gasteiger partial charge in [0.15, 0.2) is 0 Å². The molecule has 0 aliphatic rings. The molecule has 5 nitrogen and oxygen atoms in total. The SMILES string of the molecule is [N-]=[N+]=NCCCCOc1c(Br)cc(C=O)cc1Br. The van der Waals surface area contributed by atoms with Gasteiger partial charge in [-0.25, -0.2) is 0 Å². The topological polar surface area (TPSA) is 75.1 Å². The number of hydrogen-bond acceptors (Lipinski definition) is 3. The first-order valence-electron chi connectivity index (χ1n) is 5.27. The minimum Gasteiger partial charge on any atom is -0.491 e. The molecule has 1 aromatic rings. The van der Waals surface area contributed by atoms with Crippen LogP contribution in [0.5, 0.6) is 5.75 Å². The van der Waals surface area contributed by atoms with E-state index < -0.39 is 0 Å². The molecule has 0 aliphatic carbocycles. The zero-order valence-corrected chi connectivity index (χ0v) is 12.6. The van der Waals surface area contributed by atoms with E-state index in [1.807, 2.05) is 0 Å². The largest absolute Gasteiger partial charge is 0.491 e. The summed E-state index contributed by atoms with van der Waals surface area (Å²) in [6.07, 6.45) is 2.36. The third-order valence-corrected chi connectivity index (χ3v) is 3.30. The molecule has 0 bridgehead atoms. The lowest BCUT2D eigenvalue weighted by Gasteiger charge is -2.10. The summed E-state index contributed by atoms with van der Waals surface area (Å²) >= 11 is 6.70. The molecule has 0 atom stereocenters. The van der Waals surface area contributed by atoms with Crippen LogP contribution in [0.25, 0.3) is 10.4 Å². The zero-order valence-electron chi connectivity index (χ0n) is 9.47. The number of hydrogen-bond donors (Lipinski definition) is 0. The van der Waals surface area contributed by atoms with E-state index in [2.05, 4.69) is 41.9 Å². The summed E-state index contributed by atoms with van der Waals surface area (Å²) < 4.78 is 7.06. The van der Waals surface area contributed by atoms with Gasteiger partial charge in [0.05, 0.1) is 15.6 Å². The fraction of sp³-hybridized carbons (Fsp3) is 0.364. The third-order valence-electron chi connectivity index (χ3n) is 2.12. The highest BCUT2D eigenvalue weighted by Crippen LogP contribution is 2.34. The van der Waals surface area contributed by atoms with Crippen LogP contribution in [0, 0.1) is 0 Å². The molecule has 0 N–H and O–H groups in total. The van der Waals surface area contributed by atoms with Crippen LogP contribution in [0.15, 0.2) is 26.2 Å². The molecule has 96 valence electrons. The Bertz CT molecular complexity index is 450. The highest BCUT2D eigenvalue weighted by molar-refractivity contribution is 9.11. The second-order valence-corrected chi connectivity index (χ2v) is 5.15. The van der Waals surface area contributed by atoms with Gasteiger partial charge in [-0.2, -0.15) is 0 Å². The molecule has 0 heterocycles. The van der Waals surface area contributed by atoms with E-state index in [9.17, 15) is 4.79 Å². The number of carbonyl (C=O) groups excluding carboxylic acids is 1. The average Bonchev–Trinajstić information content (AvgIpc) is 2.35. The maximum absolute atomic E-state index is 10.7. The van der Waals surface area contributed by atoms with Gasteiger partial charge < -0.3 is 4.74 Å². The summed E-state index contributed by atoms with van der Waals surface area (Å²) in [6, 6.07) is 3.40. The third kappa shape index (κ3) is 4.68. The van der Waals surface area contributed by atoms with Gasteiger partial charge in [-0.1, -0.05) is 5.11 Å². The molecule has 0 unspecified atom stereocenters. The van der Waals surface area contributed by atoms with Crippen molar-refractivity contribution < 1.29 is 9.53 Å². The van der Waals surface area contributed by atoms with Gasteiger partial charge in [0, 0.05) is 17.0 Å². The van der Waals surface area contributed by atoms with Crippen molar-refractivity contribution in [3.63, 3.8) is 0 Å². The minimum atomic E-state index is 0.478. The van der Waals surface area contributed by atoms with Gasteiger partial charge in [0.2, 0.25) is 0 Å². The first-order chi connectivity index (χ1) is 8.69. The van der Waals surface area contributed by atoms with Gasteiger partial charge in [-0.15, -0.1) is 0 Å². The number of halogens is 2. The number of unbranched alkanes of at least 4 members (excludes halogenated alkanes) is 1. The van der Waals surface area contributed by atoms with Crippen LogP contribution in [0.4, 0.5) is 0 Å². The Morgan fingerprint density at radius 1 is 1.33 bits per heavy atom. The Morgan fingerprint density at radius 2 is 2.00 bits per heavy atom. The van der Waals surface area contributed by atoms with E-state index in [1.54, 1.807) is 12.1 Å². The predicted octanol–water partition coefficient (Wildman–Crippen LogP) is 4.49. The average molecular weight is 377 g/mol. The molecule has 1 aromatic carbocycles. The number of azide groups is 1. The second kappa shape index (κ2) is 8.13. The van der Waals surface area contributed by atoms with Crippen molar-refractivity contribution >= 4 is 38.1 Å². The van der Waals surface area contributed by atoms with Crippen LogP contribution in [0.3, 0.4) is 0 Å². The van der Waals surface area contributed by atoms with Crippen molar-refractivity contribution in [2.24, 2.45) is 5.11 Å². The van der Waals surface area contributed by atoms with Crippen molar-refractivity contribution in [3.05, 3.63) is 37.1 Å². The predicted molar refractivity (Wildman–Crippen MR) is 76.0 cm³/mol. The van der Waals surface area contributed by atoms with Crippen molar-refractivity contribution in [1.82, 2.24) is 0 Å². The van der Waals surface area contributed by atoms with Crippen LogP contribution in [0.1, 0.15) is 23.2 Å². The van der Waals surface area contributed by atoms with Crippen LogP contribution < -0.4 is 4.74 Å². The summed E-state index contributed by atoms with van der Waals surface area (Å²) in [7, 11) is 0. The lowest BCUT2D eigenvalue weighted by molar-refractivity contribution is 0.112. The van der Waals surface area contributed by atoms with E-state index in [0.717, 1.165) is 28.1 Å². The lowest BCUT2D eigenvalue weighted by Crippen LogP contribution is -2.00. The van der Waals surface area contributed by atoms with E-state index in [0.29, 0.717) is 24.5 Å². The summed E-state index contributed by atoms with van der Waals surface area (Å²) in [5.41, 5.74) is 8.68. The first-order valence-corrected chi connectivity index (χ1v) is 6.85. The maximum Gasteiger partial charge on any atom is 0.150 e. The molecule has 0 amide bonds. The van der Waals surface area contributed by atoms with Gasteiger partial charge >= 0.3 is 0 Å². The van der Waals surface area contributed by atoms with E-state index in [1.165, 1.54) is 0 Å². The molecule has 0 fully saturated rings. The first kappa shape index (κ1) is 15.0. The second-order valence-electron chi connectivity index (χ2n) is 3.44. The van der Waals surface area contributed by atoms with Crippen molar-refractivity contribution in [1.29, 1.82) is 0 Å². The van der Waals surface area contributed by atoms with Gasteiger partial charge in [0.1, 0.15) is 12.0 Å². The lowest BCUT2D eigenvalue weighted by atomic mass is 10.2. The van der Waals surface area contributed by atoms with E-state index in [4.69, 9.17) is 10.3 Å². The summed E-state index contributed by atoms with van der Waals surface area (Å²) in [5, 5.41) is 3.44. The fourth-order valence-electron chi connectivity index (χ4n) is 1.29. The Kier molecular flexibility index (Phi) is 6.78. The maximum atomic E-state index is 10.7. The monoisotopic (exact) mass is 375 g/mol. The minimum absolute atomic E-state index is 0.478. The molecule has 0 aliphatic heterocycles. The molecule has 7 heteroatoms. The standard InChI is InChI=1S/C11H11Br2N3O2/c12-9-5-8(7-17)6-10(13)11(9)18-4-2-1-3-15-16-14/h5-7H,1-4H2. The van der Waals surface area contributed by atoms with Crippen molar-refractivity contribution in [3.8, 4) is 5.75 Å². The quantitative estimate of drug-likeness (QED) is 0.231. The van der Waals surface area contributed by atoms with E-state index in [-0.39, 0.29) is 0 Å². The molecule has 18 heavy (non-hydrogen) atoms. The zero-order chi connectivity index (χ0) is 13.4. The highest BCUT2D eigenvalue weighted by atomic mass is 79.9. The van der Waals surface area contributed by atoms with Gasteiger partial charge in [-0.05, 0) is 62.4 Å². The number of carbonyl (C=O) groups is 1. The molecule has 0 saturated heterocycles. The van der Waals surface area contributed by atoms with Crippen LogP contribution in [0.2, 0.25) is 0 Å². The van der Waals surface area contributed by atoms with Crippen LogP contribution >= 0.6 is 31.9 Å². The molecule has 0 aromatic heterocycles. The Labute approximate surface area is 121 Å². The highest BCUT2D eigenvalue weighted by Gasteiger charge is 2.08. The molecule has 1 rings (SSSR count). The summed E-state index contributed by atoms with van der Waals surface area (Å²) in [5.74, 6) is 0.671. The molecular weight excluding hydrogens is 366 g/mol. The van der Waals surface area contributed by atoms with Crippen molar-refractivity contribution in [2.45, 2.75) is 12.8 Å².